The van der Waals surface area contributed by atoms with Gasteiger partial charge >= 0.3 is 5.56 Å². The highest BCUT2D eigenvalue weighted by Crippen LogP contribution is 2.15. The van der Waals surface area contributed by atoms with Crippen LogP contribution in [0, 0.1) is 13.8 Å². The quantitative estimate of drug-likeness (QED) is 0.766. The van der Waals surface area contributed by atoms with Gasteiger partial charge in [0.2, 0.25) is 5.82 Å². The fraction of sp³-hybridized carbons (Fsp3) is 0.182. The summed E-state index contributed by atoms with van der Waals surface area (Å²) in [6, 6.07) is 5.84. The minimum Gasteiger partial charge on any atom is -0.378 e. The Morgan fingerprint density at radius 1 is 1.31 bits per heavy atom. The standard InChI is InChI=1S/C11H12N4O/c1-7-4-3-5-9(8(7)2)15-6-13-11(16)10(12)14-15/h3-6H,1-2H3,(H2,12,14). The van der Waals surface area contributed by atoms with Gasteiger partial charge < -0.3 is 5.73 Å². The van der Waals surface area contributed by atoms with Gasteiger partial charge in [0.05, 0.1) is 5.69 Å². The van der Waals surface area contributed by atoms with Crippen LogP contribution in [0.2, 0.25) is 0 Å². The molecule has 2 aromatic rings. The number of rotatable bonds is 1. The van der Waals surface area contributed by atoms with E-state index in [0.29, 0.717) is 0 Å². The fourth-order valence-electron chi connectivity index (χ4n) is 1.46. The van der Waals surface area contributed by atoms with Gasteiger partial charge in [-0.25, -0.2) is 4.68 Å². The van der Waals surface area contributed by atoms with Crippen molar-refractivity contribution in [1.82, 2.24) is 14.8 Å². The zero-order valence-electron chi connectivity index (χ0n) is 9.14. The summed E-state index contributed by atoms with van der Waals surface area (Å²) in [5.74, 6) is -0.0941. The average Bonchev–Trinajstić information content (AvgIpc) is 2.26. The second kappa shape index (κ2) is 3.77. The minimum absolute atomic E-state index is 0.0941. The van der Waals surface area contributed by atoms with E-state index in [1.54, 1.807) is 0 Å². The lowest BCUT2D eigenvalue weighted by molar-refractivity contribution is 0.797. The third-order valence-corrected chi connectivity index (χ3v) is 2.54. The summed E-state index contributed by atoms with van der Waals surface area (Å²) in [4.78, 5) is 14.7. The van der Waals surface area contributed by atoms with E-state index in [1.165, 1.54) is 11.0 Å². The molecule has 1 heterocycles. The van der Waals surface area contributed by atoms with E-state index in [4.69, 9.17) is 5.73 Å². The topological polar surface area (TPSA) is 73.8 Å². The maximum atomic E-state index is 11.0. The van der Waals surface area contributed by atoms with Crippen molar-refractivity contribution in [3.63, 3.8) is 0 Å². The summed E-state index contributed by atoms with van der Waals surface area (Å²) in [6.07, 6.45) is 1.38. The first-order valence-corrected chi connectivity index (χ1v) is 4.87. The molecule has 0 atom stereocenters. The first kappa shape index (κ1) is 10.4. The van der Waals surface area contributed by atoms with E-state index in [-0.39, 0.29) is 5.82 Å². The Morgan fingerprint density at radius 2 is 2.06 bits per heavy atom. The van der Waals surface area contributed by atoms with Crippen LogP contribution < -0.4 is 11.3 Å². The molecule has 0 saturated heterocycles. The number of nitrogens with zero attached hydrogens (tertiary/aromatic N) is 3. The van der Waals surface area contributed by atoms with Crippen LogP contribution in [0.15, 0.2) is 29.3 Å². The Kier molecular flexibility index (Phi) is 2.44. The molecular weight excluding hydrogens is 204 g/mol. The molecule has 5 nitrogen and oxygen atoms in total. The number of hydrogen-bond acceptors (Lipinski definition) is 4. The Morgan fingerprint density at radius 3 is 2.75 bits per heavy atom. The summed E-state index contributed by atoms with van der Waals surface area (Å²) in [7, 11) is 0. The zero-order chi connectivity index (χ0) is 11.7. The monoisotopic (exact) mass is 216 g/mol. The van der Waals surface area contributed by atoms with Gasteiger partial charge in [-0.15, -0.1) is 5.10 Å². The average molecular weight is 216 g/mol. The molecule has 82 valence electrons. The predicted molar refractivity (Wildman–Crippen MR) is 61.5 cm³/mol. The number of nitrogens with two attached hydrogens (primary N) is 1. The van der Waals surface area contributed by atoms with Crippen LogP contribution in [0.1, 0.15) is 11.1 Å². The van der Waals surface area contributed by atoms with Crippen LogP contribution in [-0.2, 0) is 0 Å². The Labute approximate surface area is 92.6 Å². The maximum Gasteiger partial charge on any atom is 0.315 e. The smallest absolute Gasteiger partial charge is 0.315 e. The van der Waals surface area contributed by atoms with Crippen LogP contribution in [0.3, 0.4) is 0 Å². The van der Waals surface area contributed by atoms with Gasteiger partial charge in [0.15, 0.2) is 0 Å². The number of aromatic nitrogens is 3. The summed E-state index contributed by atoms with van der Waals surface area (Å²) >= 11 is 0. The van der Waals surface area contributed by atoms with Crippen LogP contribution >= 0.6 is 0 Å². The lowest BCUT2D eigenvalue weighted by Gasteiger charge is -2.09. The van der Waals surface area contributed by atoms with E-state index >= 15 is 0 Å². The molecule has 1 aromatic carbocycles. The van der Waals surface area contributed by atoms with Crippen LogP contribution in [0.25, 0.3) is 5.69 Å². The third-order valence-electron chi connectivity index (χ3n) is 2.54. The Hall–Kier alpha value is -2.17. The third kappa shape index (κ3) is 1.67. The van der Waals surface area contributed by atoms with Crippen molar-refractivity contribution in [2.75, 3.05) is 5.73 Å². The maximum absolute atomic E-state index is 11.0. The second-order valence-electron chi connectivity index (χ2n) is 3.60. The molecule has 0 aliphatic rings. The largest absolute Gasteiger partial charge is 0.378 e. The second-order valence-corrected chi connectivity index (χ2v) is 3.60. The highest BCUT2D eigenvalue weighted by Gasteiger charge is 2.05. The van der Waals surface area contributed by atoms with E-state index in [0.717, 1.165) is 16.8 Å². The molecule has 0 bridgehead atoms. The van der Waals surface area contributed by atoms with Crippen molar-refractivity contribution < 1.29 is 0 Å². The molecular formula is C11H12N4O. The molecule has 0 aliphatic heterocycles. The lowest BCUT2D eigenvalue weighted by Crippen LogP contribution is -2.18. The van der Waals surface area contributed by atoms with Crippen LogP contribution in [0.5, 0.6) is 0 Å². The molecule has 0 spiro atoms. The van der Waals surface area contributed by atoms with Gasteiger partial charge in [0.1, 0.15) is 6.33 Å². The Balaban J connectivity index is 2.63. The molecule has 1 aromatic heterocycles. The highest BCUT2D eigenvalue weighted by molar-refractivity contribution is 5.44. The summed E-state index contributed by atoms with van der Waals surface area (Å²) in [5.41, 5.74) is 8.05. The number of aryl methyl sites for hydroxylation is 1. The molecule has 5 heteroatoms. The first-order chi connectivity index (χ1) is 7.59. The number of nitrogen functional groups attached to an aromatic ring is 1. The van der Waals surface area contributed by atoms with Crippen LogP contribution in [0.4, 0.5) is 5.82 Å². The molecule has 0 fully saturated rings. The molecule has 16 heavy (non-hydrogen) atoms. The molecule has 0 unspecified atom stereocenters. The van der Waals surface area contributed by atoms with Crippen molar-refractivity contribution in [2.24, 2.45) is 0 Å². The highest BCUT2D eigenvalue weighted by atomic mass is 16.1. The normalized spacial score (nSPS) is 10.4. The lowest BCUT2D eigenvalue weighted by atomic mass is 10.1. The SMILES string of the molecule is Cc1cccc(-n2cnc(=O)c(N)n2)c1C. The molecule has 0 aliphatic carbocycles. The van der Waals surface area contributed by atoms with Crippen LogP contribution in [-0.4, -0.2) is 14.8 Å². The zero-order valence-corrected chi connectivity index (χ0v) is 9.14. The summed E-state index contributed by atoms with van der Waals surface area (Å²) in [6.45, 7) is 4.00. The van der Waals surface area contributed by atoms with E-state index in [2.05, 4.69) is 10.1 Å². The van der Waals surface area contributed by atoms with Crippen molar-refractivity contribution in [3.05, 3.63) is 46.0 Å². The Bertz CT molecular complexity index is 589. The van der Waals surface area contributed by atoms with Gasteiger partial charge in [-0.1, -0.05) is 12.1 Å². The number of benzene rings is 1. The van der Waals surface area contributed by atoms with Gasteiger partial charge in [0, 0.05) is 0 Å². The molecule has 2 rings (SSSR count). The van der Waals surface area contributed by atoms with Crippen molar-refractivity contribution in [2.45, 2.75) is 13.8 Å². The van der Waals surface area contributed by atoms with E-state index in [9.17, 15) is 4.79 Å². The van der Waals surface area contributed by atoms with Gasteiger partial charge in [0.25, 0.3) is 0 Å². The predicted octanol–water partition coefficient (Wildman–Crippen LogP) is 0.827. The van der Waals surface area contributed by atoms with E-state index in [1.807, 2.05) is 32.0 Å². The van der Waals surface area contributed by atoms with Crippen molar-refractivity contribution in [1.29, 1.82) is 0 Å². The van der Waals surface area contributed by atoms with Crippen molar-refractivity contribution in [3.8, 4) is 5.69 Å². The minimum atomic E-state index is -0.499. The number of hydrogen-bond donors (Lipinski definition) is 1. The van der Waals surface area contributed by atoms with Gasteiger partial charge in [-0.2, -0.15) is 4.98 Å². The molecule has 0 amide bonds. The molecule has 2 N–H and O–H groups in total. The fourth-order valence-corrected chi connectivity index (χ4v) is 1.46. The van der Waals surface area contributed by atoms with Gasteiger partial charge in [-0.3, -0.25) is 4.79 Å². The molecule has 0 saturated carbocycles. The van der Waals surface area contributed by atoms with Gasteiger partial charge in [-0.05, 0) is 31.0 Å². The number of anilines is 1. The van der Waals surface area contributed by atoms with Crippen molar-refractivity contribution >= 4 is 5.82 Å². The van der Waals surface area contributed by atoms with E-state index < -0.39 is 5.56 Å². The molecule has 0 radical (unpaired) electrons. The summed E-state index contributed by atoms with van der Waals surface area (Å²) in [5, 5.41) is 3.96. The first-order valence-electron chi connectivity index (χ1n) is 4.87. The summed E-state index contributed by atoms with van der Waals surface area (Å²) < 4.78 is 1.51.